The maximum absolute atomic E-state index is 13.5. The zero-order chi connectivity index (χ0) is 17.9. The van der Waals surface area contributed by atoms with Gasteiger partial charge in [-0.05, 0) is 25.5 Å². The molecule has 1 aromatic carbocycles. The number of thioether (sulfide) groups is 1. The SMILES string of the molecule is CCNC(=NCCSCc1ccccc1F)NCCc1ncc(C)s1.I. The number of hydrogen-bond acceptors (Lipinski definition) is 4. The summed E-state index contributed by atoms with van der Waals surface area (Å²) in [5.74, 6) is 2.22. The molecule has 1 aromatic heterocycles. The highest BCUT2D eigenvalue weighted by molar-refractivity contribution is 14.0. The van der Waals surface area contributed by atoms with Crippen LogP contribution in [-0.2, 0) is 12.2 Å². The second-order valence-electron chi connectivity index (χ2n) is 5.45. The van der Waals surface area contributed by atoms with Crippen LogP contribution in [0.2, 0.25) is 0 Å². The van der Waals surface area contributed by atoms with E-state index in [0.717, 1.165) is 41.8 Å². The van der Waals surface area contributed by atoms with Gasteiger partial charge in [0.2, 0.25) is 0 Å². The highest BCUT2D eigenvalue weighted by atomic mass is 127. The molecular weight excluding hydrogens is 482 g/mol. The maximum atomic E-state index is 13.5. The van der Waals surface area contributed by atoms with Gasteiger partial charge in [0.25, 0.3) is 0 Å². The Morgan fingerprint density at radius 2 is 2.12 bits per heavy atom. The highest BCUT2D eigenvalue weighted by Crippen LogP contribution is 2.15. The minimum absolute atomic E-state index is 0. The van der Waals surface area contributed by atoms with Crippen LogP contribution in [0.4, 0.5) is 4.39 Å². The van der Waals surface area contributed by atoms with Crippen molar-refractivity contribution in [3.63, 3.8) is 0 Å². The first-order valence-corrected chi connectivity index (χ1v) is 10.4. The fourth-order valence-corrected chi connectivity index (χ4v) is 3.77. The molecule has 2 aromatic rings. The molecule has 2 N–H and O–H groups in total. The molecule has 0 aliphatic carbocycles. The Balaban J connectivity index is 0.00000338. The summed E-state index contributed by atoms with van der Waals surface area (Å²) in [4.78, 5) is 10.2. The third-order valence-corrected chi connectivity index (χ3v) is 5.32. The van der Waals surface area contributed by atoms with E-state index in [9.17, 15) is 4.39 Å². The summed E-state index contributed by atoms with van der Waals surface area (Å²) >= 11 is 3.42. The lowest BCUT2D eigenvalue weighted by Crippen LogP contribution is -2.38. The largest absolute Gasteiger partial charge is 0.357 e. The molecule has 26 heavy (non-hydrogen) atoms. The third kappa shape index (κ3) is 8.68. The standard InChI is InChI=1S/C18H25FN4S2.HI/c1-3-20-18(21-9-8-17-23-12-14(2)25-17)22-10-11-24-13-15-6-4-5-7-16(15)19;/h4-7,12H,3,8-11,13H2,1-2H3,(H2,20,21,22);1H. The molecule has 8 heteroatoms. The van der Waals surface area contributed by atoms with Gasteiger partial charge in [-0.25, -0.2) is 9.37 Å². The second-order valence-corrected chi connectivity index (χ2v) is 7.87. The number of hydrogen-bond donors (Lipinski definition) is 2. The maximum Gasteiger partial charge on any atom is 0.191 e. The molecule has 0 saturated carbocycles. The molecule has 1 heterocycles. The summed E-state index contributed by atoms with van der Waals surface area (Å²) in [6.45, 7) is 6.45. The van der Waals surface area contributed by atoms with Crippen LogP contribution in [0.5, 0.6) is 0 Å². The first-order valence-electron chi connectivity index (χ1n) is 8.43. The van der Waals surface area contributed by atoms with E-state index in [1.54, 1.807) is 29.2 Å². The van der Waals surface area contributed by atoms with Gasteiger partial charge in [0.05, 0.1) is 11.6 Å². The summed E-state index contributed by atoms with van der Waals surface area (Å²) in [5.41, 5.74) is 0.750. The van der Waals surface area contributed by atoms with E-state index in [-0.39, 0.29) is 29.8 Å². The van der Waals surface area contributed by atoms with Crippen LogP contribution in [0.1, 0.15) is 22.4 Å². The fourth-order valence-electron chi connectivity index (χ4n) is 2.17. The van der Waals surface area contributed by atoms with Gasteiger partial charge in [-0.15, -0.1) is 35.3 Å². The van der Waals surface area contributed by atoms with Crippen molar-refractivity contribution in [2.24, 2.45) is 4.99 Å². The topological polar surface area (TPSA) is 49.3 Å². The molecule has 0 atom stereocenters. The molecule has 2 rings (SSSR count). The minimum Gasteiger partial charge on any atom is -0.357 e. The molecule has 0 fully saturated rings. The van der Waals surface area contributed by atoms with Crippen molar-refractivity contribution in [2.75, 3.05) is 25.4 Å². The molecule has 0 radical (unpaired) electrons. The van der Waals surface area contributed by atoms with Crippen LogP contribution >= 0.6 is 47.1 Å². The third-order valence-electron chi connectivity index (χ3n) is 3.37. The number of aromatic nitrogens is 1. The lowest BCUT2D eigenvalue weighted by molar-refractivity contribution is 0.617. The van der Waals surface area contributed by atoms with E-state index in [0.29, 0.717) is 12.3 Å². The quantitative estimate of drug-likeness (QED) is 0.230. The van der Waals surface area contributed by atoms with E-state index in [1.807, 2.05) is 25.3 Å². The molecule has 0 saturated heterocycles. The van der Waals surface area contributed by atoms with E-state index >= 15 is 0 Å². The number of aliphatic imine (C=N–C) groups is 1. The zero-order valence-corrected chi connectivity index (χ0v) is 19.1. The normalized spacial score (nSPS) is 11.1. The smallest absolute Gasteiger partial charge is 0.191 e. The number of benzene rings is 1. The Bertz CT molecular complexity index is 679. The van der Waals surface area contributed by atoms with Crippen molar-refractivity contribution in [2.45, 2.75) is 26.0 Å². The predicted molar refractivity (Wildman–Crippen MR) is 123 cm³/mol. The second kappa shape index (κ2) is 13.3. The Morgan fingerprint density at radius 1 is 1.31 bits per heavy atom. The van der Waals surface area contributed by atoms with E-state index < -0.39 is 0 Å². The van der Waals surface area contributed by atoms with Crippen LogP contribution in [-0.4, -0.2) is 36.3 Å². The molecule has 0 aliphatic rings. The van der Waals surface area contributed by atoms with Gasteiger partial charge < -0.3 is 10.6 Å². The van der Waals surface area contributed by atoms with E-state index in [2.05, 4.69) is 27.5 Å². The van der Waals surface area contributed by atoms with Gasteiger partial charge >= 0.3 is 0 Å². The van der Waals surface area contributed by atoms with Crippen molar-refractivity contribution in [3.05, 3.63) is 51.7 Å². The Labute approximate surface area is 180 Å². The first-order chi connectivity index (χ1) is 12.2. The number of nitrogens with one attached hydrogen (secondary N) is 2. The highest BCUT2D eigenvalue weighted by Gasteiger charge is 2.02. The zero-order valence-electron chi connectivity index (χ0n) is 15.1. The summed E-state index contributed by atoms with van der Waals surface area (Å²) < 4.78 is 13.5. The molecule has 0 aliphatic heterocycles. The van der Waals surface area contributed by atoms with Crippen molar-refractivity contribution in [1.29, 1.82) is 0 Å². The fraction of sp³-hybridized carbons (Fsp3) is 0.444. The number of aryl methyl sites for hydroxylation is 1. The van der Waals surface area contributed by atoms with Crippen molar-refractivity contribution < 1.29 is 4.39 Å². The predicted octanol–water partition coefficient (Wildman–Crippen LogP) is 4.24. The summed E-state index contributed by atoms with van der Waals surface area (Å²) in [5, 5.41) is 7.72. The molecule has 4 nitrogen and oxygen atoms in total. The van der Waals surface area contributed by atoms with Gasteiger partial charge in [-0.3, -0.25) is 4.99 Å². The molecule has 0 bridgehead atoms. The monoisotopic (exact) mass is 508 g/mol. The van der Waals surface area contributed by atoms with Crippen LogP contribution in [0, 0.1) is 12.7 Å². The number of rotatable bonds is 9. The number of halogens is 2. The lowest BCUT2D eigenvalue weighted by atomic mass is 10.2. The van der Waals surface area contributed by atoms with Gasteiger partial charge in [-0.2, -0.15) is 11.8 Å². The van der Waals surface area contributed by atoms with Crippen molar-refractivity contribution in [3.8, 4) is 0 Å². The lowest BCUT2D eigenvalue weighted by Gasteiger charge is -2.10. The summed E-state index contributed by atoms with van der Waals surface area (Å²) in [6, 6.07) is 6.92. The Hall–Kier alpha value is -0.870. The average molecular weight is 508 g/mol. The Morgan fingerprint density at radius 3 is 2.81 bits per heavy atom. The van der Waals surface area contributed by atoms with Gasteiger partial charge in [0.1, 0.15) is 5.82 Å². The van der Waals surface area contributed by atoms with Crippen molar-refractivity contribution >= 4 is 53.0 Å². The van der Waals surface area contributed by atoms with Crippen LogP contribution in [0.25, 0.3) is 0 Å². The number of guanidine groups is 1. The van der Waals surface area contributed by atoms with Gasteiger partial charge in [0.15, 0.2) is 5.96 Å². The summed E-state index contributed by atoms with van der Waals surface area (Å²) in [6.07, 6.45) is 2.80. The van der Waals surface area contributed by atoms with Crippen LogP contribution in [0.3, 0.4) is 0 Å². The van der Waals surface area contributed by atoms with Gasteiger partial charge in [-0.1, -0.05) is 18.2 Å². The molecule has 144 valence electrons. The van der Waals surface area contributed by atoms with Crippen molar-refractivity contribution in [1.82, 2.24) is 15.6 Å². The minimum atomic E-state index is -0.133. The number of nitrogens with zero attached hydrogens (tertiary/aromatic N) is 2. The number of thiazole rings is 1. The van der Waals surface area contributed by atoms with Crippen LogP contribution < -0.4 is 10.6 Å². The molecule has 0 unspecified atom stereocenters. The first kappa shape index (κ1) is 23.2. The van der Waals surface area contributed by atoms with Crippen LogP contribution in [0.15, 0.2) is 35.5 Å². The molecule has 0 spiro atoms. The molecule has 0 amide bonds. The average Bonchev–Trinajstić information content (AvgIpc) is 3.01. The van der Waals surface area contributed by atoms with E-state index in [4.69, 9.17) is 0 Å². The Kier molecular flexibility index (Phi) is 11.9. The van der Waals surface area contributed by atoms with Gasteiger partial charge in [0, 0.05) is 42.1 Å². The van der Waals surface area contributed by atoms with E-state index in [1.165, 1.54) is 10.9 Å². The molecular formula is C18H26FIN4S2. The summed E-state index contributed by atoms with van der Waals surface area (Å²) in [7, 11) is 0.